The van der Waals surface area contributed by atoms with Gasteiger partial charge in [-0.25, -0.2) is 4.39 Å². The minimum Gasteiger partial charge on any atom is -0.329 e. The maximum atomic E-state index is 13.9. The van der Waals surface area contributed by atoms with Crippen LogP contribution in [0, 0.1) is 5.82 Å². The van der Waals surface area contributed by atoms with E-state index in [1.165, 1.54) is 11.0 Å². The highest BCUT2D eigenvalue weighted by Gasteiger charge is 2.27. The molecular weight excluding hydrogens is 361 g/mol. The number of nitrogens with one attached hydrogen (secondary N) is 1. The van der Waals surface area contributed by atoms with Crippen molar-refractivity contribution in [3.63, 3.8) is 0 Å². The molecule has 1 amide bonds. The number of hydrogen-bond donors (Lipinski definition) is 1. The average Bonchev–Trinajstić information content (AvgIpc) is 3.27. The van der Waals surface area contributed by atoms with Crippen molar-refractivity contribution in [2.75, 3.05) is 6.54 Å². The van der Waals surface area contributed by atoms with Gasteiger partial charge in [-0.15, -0.1) is 6.58 Å². The van der Waals surface area contributed by atoms with E-state index < -0.39 is 0 Å². The van der Waals surface area contributed by atoms with Gasteiger partial charge in [-0.2, -0.15) is 5.10 Å². The van der Waals surface area contributed by atoms with E-state index in [2.05, 4.69) is 32.7 Å². The molecule has 120 valence electrons. The summed E-state index contributed by atoms with van der Waals surface area (Å²) in [5, 5.41) is 7.03. The number of carbonyl (C=O) groups excluding carboxylic acids is 1. The van der Waals surface area contributed by atoms with Crippen LogP contribution in [-0.4, -0.2) is 27.5 Å². The molecule has 0 aliphatic heterocycles. The zero-order valence-corrected chi connectivity index (χ0v) is 14.1. The number of benzene rings is 1. The molecule has 0 unspecified atom stereocenters. The summed E-state index contributed by atoms with van der Waals surface area (Å²) in [6.07, 6.45) is 3.90. The van der Waals surface area contributed by atoms with Crippen molar-refractivity contribution in [1.82, 2.24) is 15.1 Å². The average molecular weight is 378 g/mol. The summed E-state index contributed by atoms with van der Waals surface area (Å²) in [7, 11) is 0. The second-order valence-corrected chi connectivity index (χ2v) is 6.61. The van der Waals surface area contributed by atoms with Gasteiger partial charge in [0, 0.05) is 34.7 Å². The van der Waals surface area contributed by atoms with Crippen molar-refractivity contribution in [2.45, 2.75) is 25.3 Å². The molecule has 0 saturated heterocycles. The molecule has 23 heavy (non-hydrogen) atoms. The summed E-state index contributed by atoms with van der Waals surface area (Å²) in [6.45, 7) is 4.17. The van der Waals surface area contributed by atoms with Crippen LogP contribution in [0.5, 0.6) is 0 Å². The first-order valence-electron chi connectivity index (χ1n) is 7.48. The molecule has 1 N–H and O–H groups in total. The highest BCUT2D eigenvalue weighted by Crippen LogP contribution is 2.39. The van der Waals surface area contributed by atoms with Crippen LogP contribution in [0.1, 0.15) is 40.5 Å². The Morgan fingerprint density at radius 2 is 2.26 bits per heavy atom. The third-order valence-corrected chi connectivity index (χ3v) is 4.33. The van der Waals surface area contributed by atoms with Gasteiger partial charge in [0.15, 0.2) is 0 Å². The molecule has 1 heterocycles. The lowest BCUT2D eigenvalue weighted by Gasteiger charge is -2.20. The van der Waals surface area contributed by atoms with Crippen LogP contribution in [0.4, 0.5) is 4.39 Å². The lowest BCUT2D eigenvalue weighted by Crippen LogP contribution is -2.31. The summed E-state index contributed by atoms with van der Waals surface area (Å²) in [5.74, 6) is -0.0670. The molecule has 1 aliphatic carbocycles. The van der Waals surface area contributed by atoms with E-state index in [9.17, 15) is 9.18 Å². The number of halogens is 2. The number of amides is 1. The van der Waals surface area contributed by atoms with Gasteiger partial charge >= 0.3 is 0 Å². The van der Waals surface area contributed by atoms with Gasteiger partial charge in [0.2, 0.25) is 0 Å². The fraction of sp³-hybridized carbons (Fsp3) is 0.294. The van der Waals surface area contributed by atoms with Crippen LogP contribution >= 0.6 is 15.9 Å². The first kappa shape index (κ1) is 15.9. The lowest BCUT2D eigenvalue weighted by molar-refractivity contribution is 0.0755. The standard InChI is InChI=1S/C17H17BrFN3O/c1-2-7-22(10-12-8-13(18)5-6-14(12)19)17(23)16-9-15(20-21-16)11-3-4-11/h2,5-6,8-9,11H,1,3-4,7,10H2,(H,20,21). The molecular formula is C17H17BrFN3O. The molecule has 0 radical (unpaired) electrons. The first-order chi connectivity index (χ1) is 11.1. The zero-order valence-electron chi connectivity index (χ0n) is 12.6. The van der Waals surface area contributed by atoms with Crippen LogP contribution < -0.4 is 0 Å². The van der Waals surface area contributed by atoms with Crippen molar-refractivity contribution >= 4 is 21.8 Å². The number of aromatic nitrogens is 2. The van der Waals surface area contributed by atoms with Gasteiger partial charge in [-0.3, -0.25) is 9.89 Å². The van der Waals surface area contributed by atoms with Gasteiger partial charge in [0.1, 0.15) is 11.5 Å². The topological polar surface area (TPSA) is 49.0 Å². The van der Waals surface area contributed by atoms with Gasteiger partial charge in [-0.05, 0) is 37.1 Å². The van der Waals surface area contributed by atoms with E-state index in [-0.39, 0.29) is 18.3 Å². The Balaban J connectivity index is 1.80. The molecule has 3 rings (SSSR count). The van der Waals surface area contributed by atoms with Crippen LogP contribution in [0.2, 0.25) is 0 Å². The molecule has 0 spiro atoms. The summed E-state index contributed by atoms with van der Waals surface area (Å²) in [6, 6.07) is 6.50. The smallest absolute Gasteiger partial charge is 0.274 e. The van der Waals surface area contributed by atoms with Gasteiger partial charge < -0.3 is 4.90 Å². The minimum atomic E-state index is -0.337. The Morgan fingerprint density at radius 3 is 2.96 bits per heavy atom. The lowest BCUT2D eigenvalue weighted by atomic mass is 10.2. The Morgan fingerprint density at radius 1 is 1.48 bits per heavy atom. The predicted octanol–water partition coefficient (Wildman–Crippen LogP) is 4.02. The molecule has 1 aliphatic rings. The van der Waals surface area contributed by atoms with Gasteiger partial charge in [0.05, 0.1) is 0 Å². The van der Waals surface area contributed by atoms with E-state index in [0.717, 1.165) is 23.0 Å². The second kappa shape index (κ2) is 6.66. The summed E-state index contributed by atoms with van der Waals surface area (Å²) in [4.78, 5) is 14.2. The van der Waals surface area contributed by atoms with Crippen LogP contribution in [-0.2, 0) is 6.54 Å². The molecule has 1 fully saturated rings. The van der Waals surface area contributed by atoms with Gasteiger partial charge in [0.25, 0.3) is 5.91 Å². The minimum absolute atomic E-state index is 0.168. The Labute approximate surface area is 142 Å². The first-order valence-corrected chi connectivity index (χ1v) is 8.27. The number of carbonyl (C=O) groups is 1. The van der Waals surface area contributed by atoms with E-state index in [4.69, 9.17) is 0 Å². The SMILES string of the molecule is C=CCN(Cc1cc(Br)ccc1F)C(=O)c1cc(C2CC2)[nH]n1. The Kier molecular flexibility index (Phi) is 4.61. The maximum Gasteiger partial charge on any atom is 0.274 e. The fourth-order valence-corrected chi connectivity index (χ4v) is 2.87. The van der Waals surface area contributed by atoms with E-state index in [1.54, 1.807) is 24.3 Å². The monoisotopic (exact) mass is 377 g/mol. The van der Waals surface area contributed by atoms with Crippen LogP contribution in [0.25, 0.3) is 0 Å². The van der Waals surface area contributed by atoms with E-state index in [1.807, 2.05) is 0 Å². The Bertz CT molecular complexity index is 739. The largest absolute Gasteiger partial charge is 0.329 e. The zero-order chi connectivity index (χ0) is 16.4. The van der Waals surface area contributed by atoms with Crippen molar-refractivity contribution in [3.8, 4) is 0 Å². The predicted molar refractivity (Wildman–Crippen MR) is 89.6 cm³/mol. The molecule has 1 saturated carbocycles. The van der Waals surface area contributed by atoms with E-state index in [0.29, 0.717) is 23.7 Å². The normalized spacial score (nSPS) is 13.8. The Hall–Kier alpha value is -1.95. The van der Waals surface area contributed by atoms with Gasteiger partial charge in [-0.1, -0.05) is 22.0 Å². The number of aromatic amines is 1. The molecule has 1 aromatic carbocycles. The quantitative estimate of drug-likeness (QED) is 0.772. The maximum absolute atomic E-state index is 13.9. The molecule has 0 bridgehead atoms. The summed E-state index contributed by atoms with van der Waals surface area (Å²) in [5.41, 5.74) is 1.82. The van der Waals surface area contributed by atoms with Crippen molar-refractivity contribution in [2.24, 2.45) is 0 Å². The van der Waals surface area contributed by atoms with Crippen LogP contribution in [0.3, 0.4) is 0 Å². The second-order valence-electron chi connectivity index (χ2n) is 5.69. The van der Waals surface area contributed by atoms with E-state index >= 15 is 0 Å². The van der Waals surface area contributed by atoms with Crippen molar-refractivity contribution in [3.05, 3.63) is 64.2 Å². The highest BCUT2D eigenvalue weighted by atomic mass is 79.9. The number of nitrogens with zero attached hydrogens (tertiary/aromatic N) is 2. The van der Waals surface area contributed by atoms with Crippen molar-refractivity contribution < 1.29 is 9.18 Å². The fourth-order valence-electron chi connectivity index (χ4n) is 2.46. The third kappa shape index (κ3) is 3.69. The number of H-pyrrole nitrogens is 1. The molecule has 4 nitrogen and oxygen atoms in total. The summed E-state index contributed by atoms with van der Waals surface area (Å²) >= 11 is 3.33. The summed E-state index contributed by atoms with van der Waals surface area (Å²) < 4.78 is 14.7. The molecule has 0 atom stereocenters. The molecule has 1 aromatic heterocycles. The third-order valence-electron chi connectivity index (χ3n) is 3.84. The molecule has 2 aromatic rings. The van der Waals surface area contributed by atoms with Crippen molar-refractivity contribution in [1.29, 1.82) is 0 Å². The molecule has 6 heteroatoms. The highest BCUT2D eigenvalue weighted by molar-refractivity contribution is 9.10. The number of hydrogen-bond acceptors (Lipinski definition) is 2. The number of rotatable bonds is 6. The van der Waals surface area contributed by atoms with Crippen LogP contribution in [0.15, 0.2) is 41.4 Å².